The van der Waals surface area contributed by atoms with Crippen molar-refractivity contribution in [3.8, 4) is 17.2 Å². The molecular weight excluding hydrogens is 544 g/mol. The zero-order valence-corrected chi connectivity index (χ0v) is 23.1. The highest BCUT2D eigenvalue weighted by Crippen LogP contribution is 2.37. The van der Waals surface area contributed by atoms with E-state index in [-0.39, 0.29) is 24.6 Å². The number of aromatic carboxylic acids is 1. The third-order valence-corrected chi connectivity index (χ3v) is 7.17. The molecule has 0 atom stereocenters. The van der Waals surface area contributed by atoms with Crippen LogP contribution in [0.15, 0.2) is 99.4 Å². The smallest absolute Gasteiger partial charge is 0.335 e. The Labute approximate surface area is 240 Å². The Morgan fingerprint density at radius 3 is 2.44 bits per heavy atom. The van der Waals surface area contributed by atoms with Crippen molar-refractivity contribution in [2.24, 2.45) is 4.99 Å². The number of methoxy groups -OCH3 is 2. The van der Waals surface area contributed by atoms with Crippen LogP contribution >= 0.6 is 11.8 Å². The maximum Gasteiger partial charge on any atom is 0.335 e. The van der Waals surface area contributed by atoms with E-state index in [2.05, 4.69) is 0 Å². The first-order valence-corrected chi connectivity index (χ1v) is 13.3. The summed E-state index contributed by atoms with van der Waals surface area (Å²) in [5, 5.41) is 9.61. The topological polar surface area (TPSA) is 111 Å². The highest BCUT2D eigenvalue weighted by molar-refractivity contribution is 8.18. The molecule has 2 heterocycles. The lowest BCUT2D eigenvalue weighted by molar-refractivity contribution is -0.122. The van der Waals surface area contributed by atoms with Gasteiger partial charge in [0.1, 0.15) is 18.1 Å². The summed E-state index contributed by atoms with van der Waals surface area (Å²) in [7, 11) is 3.14. The minimum Gasteiger partial charge on any atom is -0.497 e. The van der Waals surface area contributed by atoms with Gasteiger partial charge in [-0.1, -0.05) is 18.2 Å². The van der Waals surface area contributed by atoms with Crippen molar-refractivity contribution in [1.82, 2.24) is 4.90 Å². The largest absolute Gasteiger partial charge is 0.497 e. The summed E-state index contributed by atoms with van der Waals surface area (Å²) in [5.41, 5.74) is 2.46. The number of amidine groups is 1. The summed E-state index contributed by atoms with van der Waals surface area (Å²) in [5.74, 6) is 1.20. The molecule has 0 saturated carbocycles. The average molecular weight is 571 g/mol. The second-order valence-electron chi connectivity index (χ2n) is 8.87. The number of ether oxygens (including phenoxy) is 3. The molecular formula is C31H26N2O7S. The number of carbonyl (C=O) groups excluding carboxylic acids is 1. The SMILES string of the molecule is COc1ccc(N=C2S/C(=C\c3ccc(OCc4ccc(C(=O)O)cc4)c(OC)c3)C(=O)N2Cc2ccco2)cc1. The van der Waals surface area contributed by atoms with Gasteiger partial charge >= 0.3 is 5.97 Å². The average Bonchev–Trinajstić information content (AvgIpc) is 3.61. The zero-order chi connectivity index (χ0) is 28.8. The van der Waals surface area contributed by atoms with Crippen LogP contribution in [0.25, 0.3) is 6.08 Å². The molecule has 0 radical (unpaired) electrons. The molecule has 1 fully saturated rings. The van der Waals surface area contributed by atoms with Gasteiger partial charge in [-0.15, -0.1) is 0 Å². The lowest BCUT2D eigenvalue weighted by Gasteiger charge is -2.14. The van der Waals surface area contributed by atoms with E-state index >= 15 is 0 Å². The number of thioether (sulfide) groups is 1. The highest BCUT2D eigenvalue weighted by atomic mass is 32.2. The van der Waals surface area contributed by atoms with E-state index in [1.165, 1.54) is 23.9 Å². The fourth-order valence-electron chi connectivity index (χ4n) is 4.01. The van der Waals surface area contributed by atoms with Gasteiger partial charge in [0, 0.05) is 0 Å². The second-order valence-corrected chi connectivity index (χ2v) is 9.88. The van der Waals surface area contributed by atoms with E-state index < -0.39 is 5.97 Å². The van der Waals surface area contributed by atoms with Crippen LogP contribution < -0.4 is 14.2 Å². The van der Waals surface area contributed by atoms with Crippen LogP contribution in [0.3, 0.4) is 0 Å². The number of carbonyl (C=O) groups is 2. The van der Waals surface area contributed by atoms with E-state index in [1.807, 2.05) is 36.4 Å². The first-order valence-electron chi connectivity index (χ1n) is 12.5. The molecule has 0 aliphatic carbocycles. The van der Waals surface area contributed by atoms with Crippen molar-refractivity contribution < 1.29 is 33.3 Å². The van der Waals surface area contributed by atoms with Gasteiger partial charge in [-0.05, 0) is 89.6 Å². The molecule has 41 heavy (non-hydrogen) atoms. The number of hydrogen-bond acceptors (Lipinski definition) is 8. The molecule has 208 valence electrons. The molecule has 0 bridgehead atoms. The van der Waals surface area contributed by atoms with Gasteiger partial charge in [0.25, 0.3) is 5.91 Å². The van der Waals surface area contributed by atoms with Crippen molar-refractivity contribution in [2.45, 2.75) is 13.2 Å². The summed E-state index contributed by atoms with van der Waals surface area (Å²) in [6.07, 6.45) is 3.36. The standard InChI is InChI=1S/C31H26N2O7S/c1-37-24-12-10-23(11-13-24)32-31-33(18-25-4-3-15-39-25)29(34)28(41-31)17-21-7-14-26(27(16-21)38-2)40-19-20-5-8-22(9-6-20)30(35)36/h3-17H,18-19H2,1-2H3,(H,35,36)/b28-17-,32-31?. The summed E-state index contributed by atoms with van der Waals surface area (Å²) >= 11 is 1.28. The summed E-state index contributed by atoms with van der Waals surface area (Å²) in [6.45, 7) is 0.479. The fraction of sp³-hybridized carbons (Fsp3) is 0.129. The molecule has 1 aromatic heterocycles. The third-order valence-electron chi connectivity index (χ3n) is 6.16. The summed E-state index contributed by atoms with van der Waals surface area (Å²) in [6, 6.07) is 22.8. The van der Waals surface area contributed by atoms with Crippen molar-refractivity contribution >= 4 is 40.6 Å². The van der Waals surface area contributed by atoms with Crippen molar-refractivity contribution in [3.63, 3.8) is 0 Å². The monoisotopic (exact) mass is 570 g/mol. The first-order chi connectivity index (χ1) is 19.9. The Morgan fingerprint density at radius 1 is 1.00 bits per heavy atom. The number of furan rings is 1. The first kappa shape index (κ1) is 27.6. The van der Waals surface area contributed by atoms with Crippen LogP contribution in [0.1, 0.15) is 27.2 Å². The van der Waals surface area contributed by atoms with E-state index in [4.69, 9.17) is 28.7 Å². The quantitative estimate of drug-likeness (QED) is 0.219. The Kier molecular flexibility index (Phi) is 8.40. The maximum atomic E-state index is 13.5. The number of hydrogen-bond donors (Lipinski definition) is 1. The number of nitrogens with zero attached hydrogens (tertiary/aromatic N) is 2. The number of amides is 1. The van der Waals surface area contributed by atoms with Crippen LogP contribution in [-0.4, -0.2) is 41.3 Å². The second kappa shape index (κ2) is 12.5. The Balaban J connectivity index is 1.37. The molecule has 1 amide bonds. The fourth-order valence-corrected chi connectivity index (χ4v) is 5.00. The van der Waals surface area contributed by atoms with Crippen LogP contribution in [0, 0.1) is 0 Å². The molecule has 1 aliphatic rings. The summed E-state index contributed by atoms with van der Waals surface area (Å²) < 4.78 is 22.2. The minimum atomic E-state index is -0.981. The van der Waals surface area contributed by atoms with Crippen LogP contribution in [-0.2, 0) is 17.9 Å². The van der Waals surface area contributed by atoms with Gasteiger partial charge in [0.05, 0.1) is 43.2 Å². The Bertz CT molecular complexity index is 1590. The third kappa shape index (κ3) is 6.62. The van der Waals surface area contributed by atoms with Gasteiger partial charge in [-0.2, -0.15) is 0 Å². The molecule has 4 aromatic rings. The molecule has 0 unspecified atom stereocenters. The number of benzene rings is 3. The predicted molar refractivity (Wildman–Crippen MR) is 156 cm³/mol. The lowest BCUT2D eigenvalue weighted by atomic mass is 10.1. The Morgan fingerprint density at radius 2 is 1.78 bits per heavy atom. The molecule has 1 N–H and O–H groups in total. The van der Waals surface area contributed by atoms with Gasteiger partial charge in [0.15, 0.2) is 16.7 Å². The van der Waals surface area contributed by atoms with Gasteiger partial charge in [0.2, 0.25) is 0 Å². The number of carboxylic acid groups (broad SMARTS) is 1. The van der Waals surface area contributed by atoms with E-state index in [0.717, 1.165) is 16.9 Å². The molecule has 5 rings (SSSR count). The van der Waals surface area contributed by atoms with Gasteiger partial charge in [-0.3, -0.25) is 9.69 Å². The normalized spacial score (nSPS) is 15.0. The lowest BCUT2D eigenvalue weighted by Crippen LogP contribution is -2.28. The van der Waals surface area contributed by atoms with Crippen LogP contribution in [0.5, 0.6) is 17.2 Å². The van der Waals surface area contributed by atoms with Crippen molar-refractivity contribution in [2.75, 3.05) is 14.2 Å². The predicted octanol–water partition coefficient (Wildman–Crippen LogP) is 6.38. The zero-order valence-electron chi connectivity index (χ0n) is 22.3. The molecule has 1 saturated heterocycles. The van der Waals surface area contributed by atoms with Crippen molar-refractivity contribution in [3.05, 3.63) is 112 Å². The molecule has 10 heteroatoms. The highest BCUT2D eigenvalue weighted by Gasteiger charge is 2.34. The van der Waals surface area contributed by atoms with Crippen LogP contribution in [0.2, 0.25) is 0 Å². The molecule has 0 spiro atoms. The van der Waals surface area contributed by atoms with Crippen molar-refractivity contribution in [1.29, 1.82) is 0 Å². The Hall–Kier alpha value is -4.96. The molecule has 3 aromatic carbocycles. The number of rotatable bonds is 10. The number of aliphatic imine (C=N–C) groups is 1. The van der Waals surface area contributed by atoms with Gasteiger partial charge < -0.3 is 23.7 Å². The van der Waals surface area contributed by atoms with Gasteiger partial charge in [-0.25, -0.2) is 9.79 Å². The molecule has 1 aliphatic heterocycles. The minimum absolute atomic E-state index is 0.192. The van der Waals surface area contributed by atoms with Crippen LogP contribution in [0.4, 0.5) is 5.69 Å². The summed E-state index contributed by atoms with van der Waals surface area (Å²) in [4.78, 5) is 31.4. The van der Waals surface area contributed by atoms with E-state index in [0.29, 0.717) is 33.0 Å². The number of carboxylic acids is 1. The van der Waals surface area contributed by atoms with E-state index in [9.17, 15) is 9.59 Å². The molecule has 9 nitrogen and oxygen atoms in total. The maximum absolute atomic E-state index is 13.5. The van der Waals surface area contributed by atoms with E-state index in [1.54, 1.807) is 61.8 Å².